The predicted octanol–water partition coefficient (Wildman–Crippen LogP) is 1.59. The number of carbonyl (C=O) groups is 1. The minimum absolute atomic E-state index is 0.314. The Bertz CT molecular complexity index is 306. The van der Waals surface area contributed by atoms with Crippen LogP contribution in [-0.4, -0.2) is 37.0 Å². The predicted molar refractivity (Wildman–Crippen MR) is 56.9 cm³/mol. The van der Waals surface area contributed by atoms with Crippen LogP contribution in [0.1, 0.15) is 20.8 Å². The molecule has 90 valence electrons. The molecule has 0 spiro atoms. The maximum Gasteiger partial charge on any atom is 0.407 e. The average Bonchev–Trinajstić information content (AvgIpc) is 2.50. The van der Waals surface area contributed by atoms with E-state index in [0.717, 1.165) is 0 Å². The molecule has 1 N–H and O–H groups in total. The van der Waals surface area contributed by atoms with Crippen molar-refractivity contribution < 1.29 is 14.3 Å². The van der Waals surface area contributed by atoms with Crippen LogP contribution in [0.15, 0.2) is 5.11 Å². The third-order valence-electron chi connectivity index (χ3n) is 1.95. The van der Waals surface area contributed by atoms with Gasteiger partial charge in [-0.15, -0.1) is 0 Å². The van der Waals surface area contributed by atoms with Gasteiger partial charge < -0.3 is 14.8 Å². The third kappa shape index (κ3) is 3.96. The number of nitrogens with one attached hydrogen (secondary N) is 1. The van der Waals surface area contributed by atoms with Gasteiger partial charge in [0.15, 0.2) is 0 Å². The number of amides is 1. The fraction of sp³-hybridized carbons (Fsp3) is 0.889. The number of azide groups is 1. The van der Waals surface area contributed by atoms with E-state index in [1.54, 1.807) is 20.8 Å². The summed E-state index contributed by atoms with van der Waals surface area (Å²) in [7, 11) is 0. The number of hydrogen-bond donors (Lipinski definition) is 1. The van der Waals surface area contributed by atoms with Gasteiger partial charge in [-0.25, -0.2) is 4.79 Å². The van der Waals surface area contributed by atoms with Crippen LogP contribution in [0.25, 0.3) is 10.4 Å². The van der Waals surface area contributed by atoms with Crippen molar-refractivity contribution in [1.82, 2.24) is 5.32 Å². The highest BCUT2D eigenvalue weighted by Crippen LogP contribution is 2.12. The standard InChI is InChI=1S/C9H16N4O3/c1-9(2,3)16-8(14)11-6-4-15-5-7(6)12-13-10/h6-7H,4-5H2,1-3H3,(H,11,14). The summed E-state index contributed by atoms with van der Waals surface area (Å²) in [6, 6.07) is -0.678. The molecule has 1 aliphatic heterocycles. The summed E-state index contributed by atoms with van der Waals surface area (Å²) in [5, 5.41) is 6.16. The van der Waals surface area contributed by atoms with Crippen molar-refractivity contribution in [2.75, 3.05) is 13.2 Å². The first-order valence-corrected chi connectivity index (χ1v) is 5.04. The minimum atomic E-state index is -0.544. The highest BCUT2D eigenvalue weighted by molar-refractivity contribution is 5.68. The third-order valence-corrected chi connectivity index (χ3v) is 1.95. The summed E-state index contributed by atoms with van der Waals surface area (Å²) in [4.78, 5) is 14.1. The van der Waals surface area contributed by atoms with Gasteiger partial charge in [0.1, 0.15) is 5.60 Å². The summed E-state index contributed by atoms with van der Waals surface area (Å²) in [6.07, 6.45) is -0.527. The summed E-state index contributed by atoms with van der Waals surface area (Å²) in [5.74, 6) is 0. The van der Waals surface area contributed by atoms with Gasteiger partial charge in [0, 0.05) is 4.91 Å². The van der Waals surface area contributed by atoms with Crippen molar-refractivity contribution in [2.45, 2.75) is 38.5 Å². The molecule has 0 saturated carbocycles. The molecule has 1 rings (SSSR count). The summed E-state index contributed by atoms with van der Waals surface area (Å²) in [6.45, 7) is 6.00. The van der Waals surface area contributed by atoms with E-state index in [1.807, 2.05) is 0 Å². The molecule has 16 heavy (non-hydrogen) atoms. The van der Waals surface area contributed by atoms with E-state index in [4.69, 9.17) is 15.0 Å². The van der Waals surface area contributed by atoms with Crippen molar-refractivity contribution >= 4 is 6.09 Å². The molecule has 1 fully saturated rings. The fourth-order valence-electron chi connectivity index (χ4n) is 1.32. The first-order valence-electron chi connectivity index (χ1n) is 5.04. The van der Waals surface area contributed by atoms with Crippen LogP contribution in [0.3, 0.4) is 0 Å². The molecule has 0 aromatic rings. The number of carbonyl (C=O) groups excluding carboxylic acids is 1. The van der Waals surface area contributed by atoms with Crippen LogP contribution in [0.5, 0.6) is 0 Å². The zero-order chi connectivity index (χ0) is 12.2. The Balaban J connectivity index is 2.47. The molecule has 1 aliphatic rings. The maximum absolute atomic E-state index is 11.4. The monoisotopic (exact) mass is 228 g/mol. The van der Waals surface area contributed by atoms with E-state index in [9.17, 15) is 4.79 Å². The smallest absolute Gasteiger partial charge is 0.407 e. The number of alkyl carbamates (subject to hydrolysis) is 1. The molecule has 1 heterocycles. The molecule has 7 heteroatoms. The Labute approximate surface area is 93.7 Å². The number of rotatable bonds is 2. The second kappa shape index (κ2) is 5.05. The van der Waals surface area contributed by atoms with E-state index in [-0.39, 0.29) is 12.1 Å². The van der Waals surface area contributed by atoms with Crippen molar-refractivity contribution in [2.24, 2.45) is 5.11 Å². The lowest BCUT2D eigenvalue weighted by atomic mass is 10.2. The lowest BCUT2D eigenvalue weighted by Crippen LogP contribution is -2.44. The van der Waals surface area contributed by atoms with Crippen LogP contribution in [0.2, 0.25) is 0 Å². The van der Waals surface area contributed by atoms with Crippen LogP contribution >= 0.6 is 0 Å². The Morgan fingerprint density at radius 2 is 2.25 bits per heavy atom. The van der Waals surface area contributed by atoms with Gasteiger partial charge in [0.2, 0.25) is 0 Å². The van der Waals surface area contributed by atoms with Gasteiger partial charge >= 0.3 is 6.09 Å². The van der Waals surface area contributed by atoms with E-state index < -0.39 is 11.7 Å². The van der Waals surface area contributed by atoms with E-state index in [0.29, 0.717) is 13.2 Å². The zero-order valence-corrected chi connectivity index (χ0v) is 9.64. The largest absolute Gasteiger partial charge is 0.444 e. The quantitative estimate of drug-likeness (QED) is 0.441. The molecule has 7 nitrogen and oxygen atoms in total. The number of hydrogen-bond acceptors (Lipinski definition) is 4. The molecular formula is C9H16N4O3. The van der Waals surface area contributed by atoms with Crippen LogP contribution in [0, 0.1) is 0 Å². The minimum Gasteiger partial charge on any atom is -0.444 e. The Kier molecular flexibility index (Phi) is 3.98. The van der Waals surface area contributed by atoms with E-state index >= 15 is 0 Å². The lowest BCUT2D eigenvalue weighted by Gasteiger charge is -2.22. The van der Waals surface area contributed by atoms with E-state index in [1.165, 1.54) is 0 Å². The second-order valence-electron chi connectivity index (χ2n) is 4.56. The Hall–Kier alpha value is -1.46. The molecule has 1 amide bonds. The zero-order valence-electron chi connectivity index (χ0n) is 9.64. The Morgan fingerprint density at radius 1 is 1.56 bits per heavy atom. The molecule has 2 atom stereocenters. The SMILES string of the molecule is CC(C)(C)OC(=O)NC1COCC1N=[N+]=[N-]. The topological polar surface area (TPSA) is 96.3 Å². The lowest BCUT2D eigenvalue weighted by molar-refractivity contribution is 0.0496. The van der Waals surface area contributed by atoms with Gasteiger partial charge in [-0.2, -0.15) is 0 Å². The highest BCUT2D eigenvalue weighted by Gasteiger charge is 2.30. The van der Waals surface area contributed by atoms with Crippen molar-refractivity contribution in [3.63, 3.8) is 0 Å². The van der Waals surface area contributed by atoms with Gasteiger partial charge in [0.25, 0.3) is 0 Å². The molecule has 0 bridgehead atoms. The van der Waals surface area contributed by atoms with Crippen LogP contribution in [-0.2, 0) is 9.47 Å². The van der Waals surface area contributed by atoms with Crippen LogP contribution < -0.4 is 5.32 Å². The first kappa shape index (κ1) is 12.6. The normalized spacial score (nSPS) is 24.7. The van der Waals surface area contributed by atoms with Crippen LogP contribution in [0.4, 0.5) is 4.79 Å². The Morgan fingerprint density at radius 3 is 2.81 bits per heavy atom. The number of nitrogens with zero attached hydrogens (tertiary/aromatic N) is 3. The highest BCUT2D eigenvalue weighted by atomic mass is 16.6. The van der Waals surface area contributed by atoms with Crippen molar-refractivity contribution in [3.8, 4) is 0 Å². The van der Waals surface area contributed by atoms with Crippen molar-refractivity contribution in [3.05, 3.63) is 10.4 Å². The average molecular weight is 228 g/mol. The summed E-state index contributed by atoms with van der Waals surface area (Å²) in [5.41, 5.74) is 7.78. The second-order valence-corrected chi connectivity index (χ2v) is 4.56. The van der Waals surface area contributed by atoms with Gasteiger partial charge in [0.05, 0.1) is 25.3 Å². The van der Waals surface area contributed by atoms with Gasteiger partial charge in [-0.1, -0.05) is 5.11 Å². The van der Waals surface area contributed by atoms with Crippen molar-refractivity contribution in [1.29, 1.82) is 0 Å². The first-order chi connectivity index (χ1) is 7.42. The summed E-state index contributed by atoms with van der Waals surface area (Å²) >= 11 is 0. The fourth-order valence-corrected chi connectivity index (χ4v) is 1.32. The van der Waals surface area contributed by atoms with E-state index in [2.05, 4.69) is 15.3 Å². The summed E-state index contributed by atoms with van der Waals surface area (Å²) < 4.78 is 10.2. The molecule has 0 aromatic heterocycles. The number of ether oxygens (including phenoxy) is 2. The molecular weight excluding hydrogens is 212 g/mol. The maximum atomic E-state index is 11.4. The molecule has 0 radical (unpaired) electrons. The molecule has 2 unspecified atom stereocenters. The molecule has 0 aromatic carbocycles. The van der Waals surface area contributed by atoms with Gasteiger partial charge in [-0.3, -0.25) is 0 Å². The molecule has 1 saturated heterocycles. The molecule has 0 aliphatic carbocycles. The van der Waals surface area contributed by atoms with Gasteiger partial charge in [-0.05, 0) is 26.3 Å².